The normalized spacial score (nSPS) is 18.0. The molecule has 0 heterocycles. The van der Waals surface area contributed by atoms with E-state index >= 15 is 8.78 Å². The minimum Gasteiger partial charge on any atom is -0.432 e. The van der Waals surface area contributed by atoms with Crippen molar-refractivity contribution in [2.75, 3.05) is 0 Å². The quantitative estimate of drug-likeness (QED) is 0.181. The number of unbranched alkanes of at least 4 members (excludes halogenated alkanes) is 2. The van der Waals surface area contributed by atoms with E-state index in [4.69, 9.17) is 4.74 Å². The maximum absolute atomic E-state index is 15.2. The van der Waals surface area contributed by atoms with E-state index in [0.29, 0.717) is 5.92 Å². The zero-order valence-electron chi connectivity index (χ0n) is 21.4. The first-order valence-electron chi connectivity index (χ1n) is 13.3. The van der Waals surface area contributed by atoms with Crippen molar-refractivity contribution in [3.05, 3.63) is 83.7 Å². The van der Waals surface area contributed by atoms with E-state index in [9.17, 15) is 13.2 Å². The van der Waals surface area contributed by atoms with Crippen LogP contribution < -0.4 is 9.47 Å². The summed E-state index contributed by atoms with van der Waals surface area (Å²) in [5.41, 5.74) is 1.17. The number of hydrogen-bond acceptors (Lipinski definition) is 2. The van der Waals surface area contributed by atoms with E-state index in [1.807, 2.05) is 0 Å². The highest BCUT2D eigenvalue weighted by Gasteiger charge is 2.35. The lowest BCUT2D eigenvalue weighted by atomic mass is 9.77. The number of rotatable bonds is 11. The van der Waals surface area contributed by atoms with Crippen molar-refractivity contribution in [1.29, 1.82) is 0 Å². The van der Waals surface area contributed by atoms with Gasteiger partial charge in [0.2, 0.25) is 0 Å². The van der Waals surface area contributed by atoms with Crippen LogP contribution in [0.5, 0.6) is 11.5 Å². The van der Waals surface area contributed by atoms with Crippen molar-refractivity contribution in [1.82, 2.24) is 0 Å². The van der Waals surface area contributed by atoms with Crippen molar-refractivity contribution < 1.29 is 31.4 Å². The summed E-state index contributed by atoms with van der Waals surface area (Å²) in [5, 5.41) is 0. The molecule has 1 aliphatic rings. The van der Waals surface area contributed by atoms with Gasteiger partial charge in [0.1, 0.15) is 5.75 Å². The summed E-state index contributed by atoms with van der Waals surface area (Å²) in [5.74, 6) is -0.664. The molecule has 0 bridgehead atoms. The van der Waals surface area contributed by atoms with Crippen LogP contribution in [-0.2, 0) is 6.11 Å². The lowest BCUT2D eigenvalue weighted by Crippen LogP contribution is -2.22. The fraction of sp³-hybridized carbons (Fsp3) is 0.419. The molecular formula is C31H33F5O2. The van der Waals surface area contributed by atoms with Gasteiger partial charge in [-0.1, -0.05) is 69.0 Å². The minimum absolute atomic E-state index is 0.162. The molecule has 0 N–H and O–H groups in total. The van der Waals surface area contributed by atoms with Crippen molar-refractivity contribution in [3.63, 3.8) is 0 Å². The Hall–Kier alpha value is -3.09. The van der Waals surface area contributed by atoms with Crippen molar-refractivity contribution in [3.8, 4) is 22.6 Å². The first-order chi connectivity index (χ1) is 18.3. The molecule has 7 heteroatoms. The van der Waals surface area contributed by atoms with E-state index in [2.05, 4.69) is 11.7 Å². The third-order valence-electron chi connectivity index (χ3n) is 7.36. The van der Waals surface area contributed by atoms with Crippen molar-refractivity contribution in [2.45, 2.75) is 76.9 Å². The van der Waals surface area contributed by atoms with E-state index in [1.54, 1.807) is 18.2 Å². The molecule has 0 spiro atoms. The Labute approximate surface area is 220 Å². The zero-order chi connectivity index (χ0) is 27.1. The Bertz CT molecular complexity index is 1170. The number of hydrogen-bond donors (Lipinski definition) is 0. The van der Waals surface area contributed by atoms with Crippen LogP contribution in [0.3, 0.4) is 0 Å². The predicted molar refractivity (Wildman–Crippen MR) is 138 cm³/mol. The molecule has 204 valence electrons. The summed E-state index contributed by atoms with van der Waals surface area (Å²) in [6.07, 6.45) is 5.96. The van der Waals surface area contributed by atoms with Gasteiger partial charge in [0.15, 0.2) is 11.6 Å². The molecule has 0 amide bonds. The monoisotopic (exact) mass is 532 g/mol. The van der Waals surface area contributed by atoms with Gasteiger partial charge in [0.05, 0.1) is 5.56 Å². The molecule has 1 fully saturated rings. The number of para-hydroxylation sites is 1. The molecule has 0 aliphatic heterocycles. The van der Waals surface area contributed by atoms with Gasteiger partial charge in [-0.2, -0.15) is 17.6 Å². The molecule has 0 atom stereocenters. The van der Waals surface area contributed by atoms with E-state index < -0.39 is 24.3 Å². The minimum atomic E-state index is -3.64. The summed E-state index contributed by atoms with van der Waals surface area (Å²) < 4.78 is 78.8. The van der Waals surface area contributed by atoms with Gasteiger partial charge in [0, 0.05) is 5.56 Å². The Balaban J connectivity index is 1.44. The number of benzene rings is 3. The molecule has 38 heavy (non-hydrogen) atoms. The van der Waals surface area contributed by atoms with Crippen molar-refractivity contribution in [2.24, 2.45) is 5.92 Å². The van der Waals surface area contributed by atoms with Crippen LogP contribution in [0, 0.1) is 11.7 Å². The van der Waals surface area contributed by atoms with Gasteiger partial charge in [-0.25, -0.2) is 4.39 Å². The van der Waals surface area contributed by atoms with Crippen LogP contribution in [0.15, 0.2) is 66.7 Å². The molecule has 2 nitrogen and oxygen atoms in total. The van der Waals surface area contributed by atoms with Crippen molar-refractivity contribution >= 4 is 0 Å². The molecular weight excluding hydrogens is 499 g/mol. The summed E-state index contributed by atoms with van der Waals surface area (Å²) in [6.45, 7) is -0.967. The largest absolute Gasteiger partial charge is 0.432 e. The second kappa shape index (κ2) is 12.6. The van der Waals surface area contributed by atoms with Gasteiger partial charge in [-0.15, -0.1) is 0 Å². The van der Waals surface area contributed by atoms with Crippen LogP contribution in [-0.4, -0.2) is 6.61 Å². The smallest absolute Gasteiger partial charge is 0.426 e. The fourth-order valence-corrected chi connectivity index (χ4v) is 5.27. The summed E-state index contributed by atoms with van der Waals surface area (Å²) in [4.78, 5) is 0. The average Bonchev–Trinajstić information content (AvgIpc) is 2.90. The first-order valence-corrected chi connectivity index (χ1v) is 13.3. The zero-order valence-corrected chi connectivity index (χ0v) is 21.4. The molecule has 3 aromatic carbocycles. The van der Waals surface area contributed by atoms with Crippen LogP contribution in [0.2, 0.25) is 0 Å². The summed E-state index contributed by atoms with van der Waals surface area (Å²) in [7, 11) is 0. The van der Waals surface area contributed by atoms with Crippen LogP contribution in [0.4, 0.5) is 22.0 Å². The van der Waals surface area contributed by atoms with Gasteiger partial charge in [-0.05, 0) is 79.0 Å². The number of alkyl halides is 4. The Kier molecular flexibility index (Phi) is 9.29. The standard InChI is InChI=1S/C31H33F5O2/c1-2-3-4-7-21-10-12-22(13-11-21)23-14-17-25(18-15-23)31(35,36)38-28-9-6-5-8-26(28)24-16-19-29(27(32)20-24)37-30(33)34/h5-6,8-9,14-22,30H,2-4,7,10-13H2,1H3. The lowest BCUT2D eigenvalue weighted by Gasteiger charge is -2.29. The van der Waals surface area contributed by atoms with E-state index in [0.717, 1.165) is 36.5 Å². The summed E-state index contributed by atoms with van der Waals surface area (Å²) in [6, 6.07) is 15.6. The average molecular weight is 533 g/mol. The third-order valence-corrected chi connectivity index (χ3v) is 7.36. The predicted octanol–water partition coefficient (Wildman–Crippen LogP) is 10.1. The molecule has 0 aromatic heterocycles. The second-order valence-corrected chi connectivity index (χ2v) is 9.97. The van der Waals surface area contributed by atoms with Crippen LogP contribution >= 0.6 is 0 Å². The molecule has 1 saturated carbocycles. The Morgan fingerprint density at radius 2 is 1.58 bits per heavy atom. The SMILES string of the molecule is CCCCCC1CCC(c2ccc(C(F)(F)Oc3ccccc3-c3ccc(OC(F)F)c(F)c3)cc2)CC1. The highest BCUT2D eigenvalue weighted by Crippen LogP contribution is 2.41. The van der Waals surface area contributed by atoms with E-state index in [1.165, 1.54) is 74.9 Å². The van der Waals surface area contributed by atoms with E-state index in [-0.39, 0.29) is 22.4 Å². The Morgan fingerprint density at radius 3 is 2.24 bits per heavy atom. The highest BCUT2D eigenvalue weighted by atomic mass is 19.3. The molecule has 0 saturated heterocycles. The maximum atomic E-state index is 15.2. The maximum Gasteiger partial charge on any atom is 0.426 e. The summed E-state index contributed by atoms with van der Waals surface area (Å²) >= 11 is 0. The van der Waals surface area contributed by atoms with Crippen LogP contribution in [0.25, 0.3) is 11.1 Å². The van der Waals surface area contributed by atoms with Gasteiger partial charge < -0.3 is 9.47 Å². The molecule has 3 aromatic rings. The lowest BCUT2D eigenvalue weighted by molar-refractivity contribution is -0.185. The highest BCUT2D eigenvalue weighted by molar-refractivity contribution is 5.71. The van der Waals surface area contributed by atoms with Gasteiger partial charge >= 0.3 is 12.7 Å². The number of ether oxygens (including phenoxy) is 2. The Morgan fingerprint density at radius 1 is 0.868 bits per heavy atom. The molecule has 0 radical (unpaired) electrons. The fourth-order valence-electron chi connectivity index (χ4n) is 5.27. The van der Waals surface area contributed by atoms with Gasteiger partial charge in [0.25, 0.3) is 0 Å². The van der Waals surface area contributed by atoms with Crippen LogP contribution in [0.1, 0.15) is 75.3 Å². The first kappa shape index (κ1) is 27.9. The molecule has 0 unspecified atom stereocenters. The third kappa shape index (κ3) is 7.06. The molecule has 1 aliphatic carbocycles. The molecule has 4 rings (SSSR count). The topological polar surface area (TPSA) is 18.5 Å². The van der Waals surface area contributed by atoms with Gasteiger partial charge in [-0.3, -0.25) is 0 Å². The number of halogens is 5. The second-order valence-electron chi connectivity index (χ2n) is 9.97.